The molecule has 12 heteroatoms. The zero-order chi connectivity index (χ0) is 27.1. The molecule has 2 N–H and O–H groups in total. The number of nitrogens with zero attached hydrogens (tertiary/aromatic N) is 4. The van der Waals surface area contributed by atoms with Crippen molar-refractivity contribution in [3.63, 3.8) is 0 Å². The minimum absolute atomic E-state index is 0.0317. The summed E-state index contributed by atoms with van der Waals surface area (Å²) < 4.78 is 38.0. The fourth-order valence-electron chi connectivity index (χ4n) is 4.87. The molecule has 38 heavy (non-hydrogen) atoms. The van der Waals surface area contributed by atoms with Crippen molar-refractivity contribution in [3.8, 4) is 5.88 Å². The number of alkyl carbamates (subject to hydrolysis) is 1. The summed E-state index contributed by atoms with van der Waals surface area (Å²) in [6.45, 7) is 5.48. The second kappa shape index (κ2) is 9.72. The second-order valence-corrected chi connectivity index (χ2v) is 13.1. The number of amides is 1. The smallest absolute Gasteiger partial charge is 0.407 e. The quantitative estimate of drug-likeness (QED) is 0.510. The highest BCUT2D eigenvalue weighted by Crippen LogP contribution is 2.38. The third kappa shape index (κ3) is 5.27. The number of carbonyl (C=O) groups excluding carboxylic acids is 1. The van der Waals surface area contributed by atoms with Crippen molar-refractivity contribution in [2.24, 2.45) is 0 Å². The van der Waals surface area contributed by atoms with E-state index in [0.717, 1.165) is 29.8 Å². The number of aromatic nitrogens is 4. The third-order valence-electron chi connectivity index (χ3n) is 7.58. The molecule has 0 aliphatic heterocycles. The lowest BCUT2D eigenvalue weighted by atomic mass is 10.0. The molecule has 2 heterocycles. The van der Waals surface area contributed by atoms with E-state index in [1.54, 1.807) is 26.0 Å². The number of methoxy groups -OCH3 is 1. The van der Waals surface area contributed by atoms with Gasteiger partial charge >= 0.3 is 6.09 Å². The lowest BCUT2D eigenvalue weighted by Crippen LogP contribution is -2.39. The highest BCUT2D eigenvalue weighted by Gasteiger charge is 2.42. The molecule has 2 saturated carbocycles. The van der Waals surface area contributed by atoms with Gasteiger partial charge in [0.15, 0.2) is 5.82 Å². The minimum atomic E-state index is -3.88. The summed E-state index contributed by atoms with van der Waals surface area (Å²) >= 11 is 0. The highest BCUT2D eigenvalue weighted by atomic mass is 32.2. The summed E-state index contributed by atoms with van der Waals surface area (Å²) in [5, 5.41) is 10.6. The van der Waals surface area contributed by atoms with Gasteiger partial charge in [-0.2, -0.15) is 9.19 Å². The summed E-state index contributed by atoms with van der Waals surface area (Å²) in [4.78, 5) is 20.8. The Hall–Kier alpha value is -3.41. The van der Waals surface area contributed by atoms with Gasteiger partial charge < -0.3 is 20.1 Å². The Morgan fingerprint density at radius 2 is 2.03 bits per heavy atom. The summed E-state index contributed by atoms with van der Waals surface area (Å²) in [6.07, 6.45) is 12.1. The minimum Gasteiger partial charge on any atom is -0.480 e. The molecule has 2 fully saturated rings. The molecule has 11 nitrogen and oxygen atoms in total. The van der Waals surface area contributed by atoms with Crippen LogP contribution in [-0.4, -0.2) is 57.2 Å². The van der Waals surface area contributed by atoms with Gasteiger partial charge in [0.2, 0.25) is 5.88 Å². The molecule has 1 amide bonds. The maximum absolute atomic E-state index is 13.7. The average molecular weight is 543 g/mol. The first kappa shape index (κ1) is 26.2. The van der Waals surface area contributed by atoms with Gasteiger partial charge in [-0.3, -0.25) is 0 Å². The van der Waals surface area contributed by atoms with Crippen LogP contribution in [0.3, 0.4) is 0 Å². The molecule has 2 aromatic heterocycles. The predicted molar refractivity (Wildman–Crippen MR) is 141 cm³/mol. The number of nitrogens with one attached hydrogen (secondary N) is 2. The molecule has 5 rings (SSSR count). The standard InChI is InChI=1S/C26H34N6O5S/c1-17-23(27-16-22(28-17)36-4)29-19-6-5-10-26(3,15-19)38(34,35)32-13-9-21(31-32)18-7-8-20(14-18)37-24(33)30-25(2)11-12-25/h5-6,9,13,15-16,18,20H,7-8,10-12,14H2,1-4H3,(H,27,29)(H,30,33)/t18-,20+,26?/m0/s1. The van der Waals surface area contributed by atoms with E-state index in [9.17, 15) is 13.2 Å². The third-order valence-corrected chi connectivity index (χ3v) is 9.74. The number of hydrogen-bond donors (Lipinski definition) is 2. The van der Waals surface area contributed by atoms with Crippen molar-refractivity contribution in [1.29, 1.82) is 0 Å². The number of ether oxygens (including phenoxy) is 2. The first-order valence-corrected chi connectivity index (χ1v) is 14.3. The molecule has 3 aliphatic carbocycles. The van der Waals surface area contributed by atoms with Gasteiger partial charge in [-0.05, 0) is 77.5 Å². The van der Waals surface area contributed by atoms with E-state index in [0.29, 0.717) is 41.6 Å². The monoisotopic (exact) mass is 542 g/mol. The normalized spacial score (nSPS) is 25.9. The maximum Gasteiger partial charge on any atom is 0.407 e. The largest absolute Gasteiger partial charge is 0.480 e. The summed E-state index contributed by atoms with van der Waals surface area (Å²) in [6, 6.07) is 1.75. The number of carbonyl (C=O) groups is 1. The van der Waals surface area contributed by atoms with E-state index < -0.39 is 14.8 Å². The Balaban J connectivity index is 1.27. The SMILES string of the molecule is COc1cnc(NC2=CC(C)(S(=O)(=O)n3ccc([C@H]4CC[C@@H](OC(=O)NC5(C)CC5)C4)n3)CC=C2)c(C)n1. The van der Waals surface area contributed by atoms with Crippen molar-refractivity contribution in [2.45, 2.75) is 81.6 Å². The van der Waals surface area contributed by atoms with E-state index in [1.807, 2.05) is 19.1 Å². The van der Waals surface area contributed by atoms with E-state index in [1.165, 1.54) is 19.5 Å². The fraction of sp³-hybridized carbons (Fsp3) is 0.538. The summed E-state index contributed by atoms with van der Waals surface area (Å²) in [5.74, 6) is 0.950. The maximum atomic E-state index is 13.7. The van der Waals surface area contributed by atoms with Crippen LogP contribution in [0.5, 0.6) is 5.88 Å². The van der Waals surface area contributed by atoms with Gasteiger partial charge in [-0.25, -0.2) is 23.2 Å². The molecular weight excluding hydrogens is 508 g/mol. The van der Waals surface area contributed by atoms with E-state index >= 15 is 0 Å². The topological polar surface area (TPSA) is 137 Å². The van der Waals surface area contributed by atoms with E-state index in [2.05, 4.69) is 25.7 Å². The number of allylic oxidation sites excluding steroid dienone is 2. The Morgan fingerprint density at radius 1 is 1.24 bits per heavy atom. The van der Waals surface area contributed by atoms with E-state index in [4.69, 9.17) is 9.47 Å². The van der Waals surface area contributed by atoms with Crippen LogP contribution in [0.1, 0.15) is 69.7 Å². The molecular formula is C26H34N6O5S. The molecule has 3 aliphatic rings. The van der Waals surface area contributed by atoms with Crippen LogP contribution in [0.4, 0.5) is 10.6 Å². The van der Waals surface area contributed by atoms with Gasteiger partial charge in [0, 0.05) is 23.4 Å². The van der Waals surface area contributed by atoms with Gasteiger partial charge in [0.05, 0.1) is 24.7 Å². The molecule has 1 unspecified atom stereocenters. The molecule has 0 aromatic carbocycles. The first-order chi connectivity index (χ1) is 18.0. The molecule has 2 aromatic rings. The molecule has 204 valence electrons. The van der Waals surface area contributed by atoms with Gasteiger partial charge in [0.25, 0.3) is 10.0 Å². The molecule has 3 atom stereocenters. The number of anilines is 1. The molecule has 0 saturated heterocycles. The Kier molecular flexibility index (Phi) is 6.70. The lowest BCUT2D eigenvalue weighted by molar-refractivity contribution is 0.0967. The van der Waals surface area contributed by atoms with Gasteiger partial charge in [0.1, 0.15) is 10.9 Å². The van der Waals surface area contributed by atoms with Crippen LogP contribution >= 0.6 is 0 Å². The van der Waals surface area contributed by atoms with Crippen LogP contribution in [0.25, 0.3) is 0 Å². The van der Waals surface area contributed by atoms with Crippen LogP contribution in [0, 0.1) is 6.92 Å². The van der Waals surface area contributed by atoms with Crippen molar-refractivity contribution < 1.29 is 22.7 Å². The summed E-state index contributed by atoms with van der Waals surface area (Å²) in [5.41, 5.74) is 1.79. The summed E-state index contributed by atoms with van der Waals surface area (Å²) in [7, 11) is -2.35. The Bertz CT molecular complexity index is 1400. The van der Waals surface area contributed by atoms with Gasteiger partial charge in [-0.15, -0.1) is 0 Å². The highest BCUT2D eigenvalue weighted by molar-refractivity contribution is 7.91. The Morgan fingerprint density at radius 3 is 2.74 bits per heavy atom. The molecule has 0 spiro atoms. The van der Waals surface area contributed by atoms with Crippen LogP contribution < -0.4 is 15.4 Å². The zero-order valence-electron chi connectivity index (χ0n) is 22.1. The molecule has 0 radical (unpaired) electrons. The van der Waals surface area contributed by atoms with Crippen molar-refractivity contribution in [3.05, 3.63) is 53.8 Å². The lowest BCUT2D eigenvalue weighted by Gasteiger charge is -2.28. The molecule has 0 bridgehead atoms. The van der Waals surface area contributed by atoms with Crippen LogP contribution in [0.2, 0.25) is 0 Å². The van der Waals surface area contributed by atoms with Crippen LogP contribution in [-0.2, 0) is 14.8 Å². The fourth-order valence-corrected chi connectivity index (χ4v) is 6.31. The number of aryl methyl sites for hydroxylation is 1. The number of rotatable bonds is 8. The van der Waals surface area contributed by atoms with Crippen molar-refractivity contribution >= 4 is 21.9 Å². The number of hydrogen-bond acceptors (Lipinski definition) is 9. The first-order valence-electron chi connectivity index (χ1n) is 12.8. The zero-order valence-corrected chi connectivity index (χ0v) is 22.9. The van der Waals surface area contributed by atoms with E-state index in [-0.39, 0.29) is 23.7 Å². The predicted octanol–water partition coefficient (Wildman–Crippen LogP) is 3.80. The second-order valence-electron chi connectivity index (χ2n) is 10.8. The van der Waals surface area contributed by atoms with Crippen molar-refractivity contribution in [1.82, 2.24) is 24.5 Å². The Labute approximate surface area is 222 Å². The van der Waals surface area contributed by atoms with Crippen LogP contribution in [0.15, 0.2) is 42.4 Å². The average Bonchev–Trinajstić information content (AvgIpc) is 3.25. The van der Waals surface area contributed by atoms with Crippen molar-refractivity contribution in [2.75, 3.05) is 12.4 Å². The van der Waals surface area contributed by atoms with Gasteiger partial charge in [-0.1, -0.05) is 6.08 Å².